The molecule has 1 N–H and O–H groups in total. The molecule has 2 rings (SSSR count). The van der Waals surface area contributed by atoms with Crippen molar-refractivity contribution < 1.29 is 19.4 Å². The fourth-order valence-electron chi connectivity index (χ4n) is 1.97. The van der Waals surface area contributed by atoms with Crippen molar-refractivity contribution in [1.29, 1.82) is 0 Å². The molecule has 1 aromatic heterocycles. The van der Waals surface area contributed by atoms with Crippen LogP contribution in [0, 0.1) is 0 Å². The number of ether oxygens (including phenoxy) is 1. The first kappa shape index (κ1) is 12.6. The third-order valence-electron chi connectivity index (χ3n) is 2.88. The maximum absolute atomic E-state index is 12.2. The molecule has 0 spiro atoms. The summed E-state index contributed by atoms with van der Waals surface area (Å²) in [6.07, 6.45) is 2.06. The van der Waals surface area contributed by atoms with E-state index in [1.807, 2.05) is 0 Å². The molecule has 98 valence electrons. The van der Waals surface area contributed by atoms with Crippen LogP contribution in [0.1, 0.15) is 27.3 Å². The van der Waals surface area contributed by atoms with Crippen LogP contribution in [0.15, 0.2) is 6.20 Å². The lowest BCUT2D eigenvalue weighted by Gasteiger charge is -2.19. The lowest BCUT2D eigenvalue weighted by Crippen LogP contribution is -2.34. The number of carbonyl (C=O) groups excluding carboxylic acids is 1. The quantitative estimate of drug-likeness (QED) is 0.800. The van der Waals surface area contributed by atoms with E-state index in [1.165, 1.54) is 17.9 Å². The van der Waals surface area contributed by atoms with Gasteiger partial charge in [0.05, 0.1) is 18.4 Å². The predicted molar refractivity (Wildman–Crippen MR) is 61.5 cm³/mol. The highest BCUT2D eigenvalue weighted by Crippen LogP contribution is 2.12. The van der Waals surface area contributed by atoms with Gasteiger partial charge in [-0.1, -0.05) is 0 Å². The summed E-state index contributed by atoms with van der Waals surface area (Å²) in [5, 5.41) is 12.9. The van der Waals surface area contributed by atoms with Gasteiger partial charge in [-0.3, -0.25) is 9.48 Å². The maximum atomic E-state index is 12.2. The summed E-state index contributed by atoms with van der Waals surface area (Å²) in [7, 11) is 1.51. The first-order valence-electron chi connectivity index (χ1n) is 5.73. The third kappa shape index (κ3) is 2.35. The molecule has 2 heterocycles. The summed E-state index contributed by atoms with van der Waals surface area (Å²) < 4.78 is 6.46. The Hall–Kier alpha value is -1.89. The Morgan fingerprint density at radius 1 is 1.39 bits per heavy atom. The van der Waals surface area contributed by atoms with Gasteiger partial charge in [0.25, 0.3) is 5.91 Å². The Morgan fingerprint density at radius 2 is 2.17 bits per heavy atom. The Bertz CT molecular complexity index is 461. The van der Waals surface area contributed by atoms with Gasteiger partial charge in [-0.2, -0.15) is 5.10 Å². The van der Waals surface area contributed by atoms with E-state index in [4.69, 9.17) is 9.84 Å². The molecule has 1 aromatic rings. The summed E-state index contributed by atoms with van der Waals surface area (Å²) >= 11 is 0. The Labute approximate surface area is 104 Å². The second-order valence-corrected chi connectivity index (χ2v) is 4.09. The number of aryl methyl sites for hydroxylation is 1. The standard InChI is InChI=1S/C11H15N3O4/c1-13-9(11(16)17)8(7-12-13)10(15)14-3-2-5-18-6-4-14/h7H,2-6H2,1H3,(H,16,17). The SMILES string of the molecule is Cn1ncc(C(=O)N2CCCOCC2)c1C(=O)O. The zero-order valence-corrected chi connectivity index (χ0v) is 10.1. The highest BCUT2D eigenvalue weighted by molar-refractivity contribution is 6.03. The van der Waals surface area contributed by atoms with E-state index in [2.05, 4.69) is 5.10 Å². The lowest BCUT2D eigenvalue weighted by molar-refractivity contribution is 0.0662. The second-order valence-electron chi connectivity index (χ2n) is 4.09. The summed E-state index contributed by atoms with van der Waals surface area (Å²) in [6, 6.07) is 0. The minimum Gasteiger partial charge on any atom is -0.477 e. The molecule has 0 saturated carbocycles. The van der Waals surface area contributed by atoms with Crippen LogP contribution < -0.4 is 0 Å². The molecule has 0 bridgehead atoms. The van der Waals surface area contributed by atoms with Crippen molar-refractivity contribution in [3.63, 3.8) is 0 Å². The smallest absolute Gasteiger partial charge is 0.354 e. The zero-order chi connectivity index (χ0) is 13.1. The number of nitrogens with zero attached hydrogens (tertiary/aromatic N) is 3. The van der Waals surface area contributed by atoms with Crippen LogP contribution in [0.25, 0.3) is 0 Å². The van der Waals surface area contributed by atoms with E-state index < -0.39 is 5.97 Å². The van der Waals surface area contributed by atoms with Gasteiger partial charge in [0, 0.05) is 26.7 Å². The molecule has 1 aliphatic heterocycles. The van der Waals surface area contributed by atoms with Gasteiger partial charge in [-0.05, 0) is 6.42 Å². The third-order valence-corrected chi connectivity index (χ3v) is 2.88. The minimum atomic E-state index is -1.15. The summed E-state index contributed by atoms with van der Waals surface area (Å²) in [5.41, 5.74) is 0.0528. The van der Waals surface area contributed by atoms with E-state index in [0.29, 0.717) is 26.3 Å². The number of hydrogen-bond acceptors (Lipinski definition) is 4. The Morgan fingerprint density at radius 3 is 2.89 bits per heavy atom. The van der Waals surface area contributed by atoms with E-state index in [0.717, 1.165) is 6.42 Å². The number of rotatable bonds is 2. The molecule has 0 unspecified atom stereocenters. The molecule has 7 heteroatoms. The van der Waals surface area contributed by atoms with E-state index in [9.17, 15) is 9.59 Å². The topological polar surface area (TPSA) is 84.7 Å². The van der Waals surface area contributed by atoms with Crippen LogP contribution in [-0.4, -0.2) is 58.0 Å². The van der Waals surface area contributed by atoms with Gasteiger partial charge in [0.15, 0.2) is 5.69 Å². The molecule has 7 nitrogen and oxygen atoms in total. The minimum absolute atomic E-state index is 0.0786. The fraction of sp³-hybridized carbons (Fsp3) is 0.545. The number of amides is 1. The molecular weight excluding hydrogens is 238 g/mol. The van der Waals surface area contributed by atoms with Crippen LogP contribution in [0.2, 0.25) is 0 Å². The first-order valence-corrected chi connectivity index (χ1v) is 5.73. The van der Waals surface area contributed by atoms with Crippen molar-refractivity contribution in [2.24, 2.45) is 7.05 Å². The molecule has 18 heavy (non-hydrogen) atoms. The molecule has 0 radical (unpaired) electrons. The van der Waals surface area contributed by atoms with Crippen molar-refractivity contribution in [3.8, 4) is 0 Å². The largest absolute Gasteiger partial charge is 0.477 e. The molecule has 1 saturated heterocycles. The molecule has 0 aliphatic carbocycles. The van der Waals surface area contributed by atoms with Crippen molar-refractivity contribution in [2.45, 2.75) is 6.42 Å². The van der Waals surface area contributed by atoms with Crippen molar-refractivity contribution >= 4 is 11.9 Å². The van der Waals surface area contributed by atoms with Crippen LogP contribution >= 0.6 is 0 Å². The van der Waals surface area contributed by atoms with Crippen LogP contribution in [0.5, 0.6) is 0 Å². The van der Waals surface area contributed by atoms with Crippen LogP contribution in [-0.2, 0) is 11.8 Å². The van der Waals surface area contributed by atoms with Gasteiger partial charge in [0.2, 0.25) is 0 Å². The first-order chi connectivity index (χ1) is 8.61. The number of carboxylic acid groups (broad SMARTS) is 1. The van der Waals surface area contributed by atoms with Crippen molar-refractivity contribution in [2.75, 3.05) is 26.3 Å². The van der Waals surface area contributed by atoms with Gasteiger partial charge in [0.1, 0.15) is 0 Å². The van der Waals surface area contributed by atoms with Crippen LogP contribution in [0.4, 0.5) is 0 Å². The Kier molecular flexibility index (Phi) is 3.61. The molecule has 0 atom stereocenters. The molecule has 1 amide bonds. The fourth-order valence-corrected chi connectivity index (χ4v) is 1.97. The molecule has 0 aromatic carbocycles. The number of carbonyl (C=O) groups is 2. The van der Waals surface area contributed by atoms with Crippen molar-refractivity contribution in [1.82, 2.24) is 14.7 Å². The average molecular weight is 253 g/mol. The zero-order valence-electron chi connectivity index (χ0n) is 10.1. The number of aromatic carboxylic acids is 1. The van der Waals surface area contributed by atoms with E-state index in [1.54, 1.807) is 4.90 Å². The number of carboxylic acids is 1. The number of hydrogen-bond donors (Lipinski definition) is 1. The molecule has 1 fully saturated rings. The van der Waals surface area contributed by atoms with Crippen molar-refractivity contribution in [3.05, 3.63) is 17.5 Å². The van der Waals surface area contributed by atoms with Gasteiger partial charge < -0.3 is 14.7 Å². The van der Waals surface area contributed by atoms with E-state index >= 15 is 0 Å². The lowest BCUT2D eigenvalue weighted by atomic mass is 10.2. The monoisotopic (exact) mass is 253 g/mol. The number of aromatic nitrogens is 2. The van der Waals surface area contributed by atoms with E-state index in [-0.39, 0.29) is 17.2 Å². The average Bonchev–Trinajstić information content (AvgIpc) is 2.56. The van der Waals surface area contributed by atoms with Gasteiger partial charge >= 0.3 is 5.97 Å². The Balaban J connectivity index is 2.25. The summed E-state index contributed by atoms with van der Waals surface area (Å²) in [4.78, 5) is 25.0. The summed E-state index contributed by atoms with van der Waals surface area (Å²) in [5.74, 6) is -1.45. The molecule has 1 aliphatic rings. The highest BCUT2D eigenvalue weighted by Gasteiger charge is 2.25. The van der Waals surface area contributed by atoms with Crippen LogP contribution in [0.3, 0.4) is 0 Å². The predicted octanol–water partition coefficient (Wildman–Crippen LogP) is -0.0192. The maximum Gasteiger partial charge on any atom is 0.354 e. The van der Waals surface area contributed by atoms with Gasteiger partial charge in [-0.25, -0.2) is 4.79 Å². The summed E-state index contributed by atoms with van der Waals surface area (Å²) in [6.45, 7) is 2.16. The molecular formula is C11H15N3O4. The highest BCUT2D eigenvalue weighted by atomic mass is 16.5. The second kappa shape index (κ2) is 5.18. The van der Waals surface area contributed by atoms with Gasteiger partial charge in [-0.15, -0.1) is 0 Å². The normalized spacial score (nSPS) is 16.4.